The van der Waals surface area contributed by atoms with Gasteiger partial charge < -0.3 is 9.47 Å². The summed E-state index contributed by atoms with van der Waals surface area (Å²) in [5, 5.41) is 0.945. The van der Waals surface area contributed by atoms with Crippen LogP contribution in [0.3, 0.4) is 0 Å². The maximum absolute atomic E-state index is 5.81. The number of rotatable bonds is 6. The molecule has 0 aliphatic rings. The van der Waals surface area contributed by atoms with E-state index >= 15 is 0 Å². The van der Waals surface area contributed by atoms with E-state index in [1.807, 2.05) is 42.5 Å². The molecule has 0 atom stereocenters. The lowest BCUT2D eigenvalue weighted by Gasteiger charge is -2.12. The van der Waals surface area contributed by atoms with Gasteiger partial charge in [-0.2, -0.15) is 0 Å². The molecule has 0 spiro atoms. The maximum atomic E-state index is 5.81. The molecule has 19 heavy (non-hydrogen) atoms. The van der Waals surface area contributed by atoms with Crippen LogP contribution in [0.5, 0.6) is 11.5 Å². The van der Waals surface area contributed by atoms with Crippen molar-refractivity contribution in [3.8, 4) is 11.5 Å². The highest BCUT2D eigenvalue weighted by Crippen LogP contribution is 2.29. The smallest absolute Gasteiger partial charge is 0.161 e. The average molecular weight is 321 g/mol. The topological polar surface area (TPSA) is 18.5 Å². The lowest BCUT2D eigenvalue weighted by atomic mass is 10.1. The van der Waals surface area contributed by atoms with E-state index in [2.05, 4.69) is 22.0 Å². The van der Waals surface area contributed by atoms with Crippen LogP contribution in [0.15, 0.2) is 48.5 Å². The number of alkyl halides is 1. The molecule has 0 fully saturated rings. The Bertz CT molecular complexity index is 511. The molecule has 0 aliphatic heterocycles. The van der Waals surface area contributed by atoms with Crippen molar-refractivity contribution in [3.63, 3.8) is 0 Å². The lowest BCUT2D eigenvalue weighted by Crippen LogP contribution is -1.98. The minimum Gasteiger partial charge on any atom is -0.493 e. The first-order chi connectivity index (χ1) is 9.33. The number of halogens is 1. The summed E-state index contributed by atoms with van der Waals surface area (Å²) in [5.74, 6) is 1.57. The molecule has 0 N–H and O–H groups in total. The van der Waals surface area contributed by atoms with Crippen molar-refractivity contribution in [2.45, 2.75) is 13.0 Å². The molecule has 0 radical (unpaired) electrons. The van der Waals surface area contributed by atoms with E-state index in [0.29, 0.717) is 6.61 Å². The van der Waals surface area contributed by atoms with Gasteiger partial charge in [-0.25, -0.2) is 0 Å². The zero-order valence-electron chi connectivity index (χ0n) is 10.9. The van der Waals surface area contributed by atoms with Crippen LogP contribution in [-0.2, 0) is 13.0 Å². The minimum absolute atomic E-state index is 0.551. The van der Waals surface area contributed by atoms with Crippen LogP contribution in [0.1, 0.15) is 11.1 Å². The molecule has 3 heteroatoms. The molecule has 0 saturated carbocycles. The second-order valence-corrected chi connectivity index (χ2v) is 4.99. The third-order valence-corrected chi connectivity index (χ3v) is 3.24. The Morgan fingerprint density at radius 2 is 1.74 bits per heavy atom. The molecular formula is C16H17BrO2. The Kier molecular flexibility index (Phi) is 5.28. The molecule has 0 heterocycles. The first-order valence-electron chi connectivity index (χ1n) is 6.23. The second-order valence-electron chi connectivity index (χ2n) is 4.20. The molecule has 0 saturated heterocycles. The third-order valence-electron chi connectivity index (χ3n) is 2.85. The van der Waals surface area contributed by atoms with Crippen LogP contribution in [0, 0.1) is 0 Å². The number of methoxy groups -OCH3 is 1. The average Bonchev–Trinajstić information content (AvgIpc) is 2.47. The highest BCUT2D eigenvalue weighted by molar-refractivity contribution is 9.09. The Morgan fingerprint density at radius 1 is 0.947 bits per heavy atom. The first kappa shape index (κ1) is 13.9. The molecule has 2 rings (SSSR count). The standard InChI is InChI=1S/C16H17BrO2/c1-18-16-11-13(9-10-17)7-8-15(16)19-12-14-5-3-2-4-6-14/h2-8,11H,9-10,12H2,1H3. The fraction of sp³-hybridized carbons (Fsp3) is 0.250. The summed E-state index contributed by atoms with van der Waals surface area (Å²) in [4.78, 5) is 0. The van der Waals surface area contributed by atoms with Crippen molar-refractivity contribution in [2.75, 3.05) is 12.4 Å². The Morgan fingerprint density at radius 3 is 2.42 bits per heavy atom. The molecule has 0 amide bonds. The van der Waals surface area contributed by atoms with Crippen LogP contribution >= 0.6 is 15.9 Å². The van der Waals surface area contributed by atoms with Gasteiger partial charge in [0, 0.05) is 5.33 Å². The van der Waals surface area contributed by atoms with Gasteiger partial charge in [-0.1, -0.05) is 52.3 Å². The van der Waals surface area contributed by atoms with Gasteiger partial charge in [0.05, 0.1) is 7.11 Å². The van der Waals surface area contributed by atoms with Crippen LogP contribution in [0.25, 0.3) is 0 Å². The van der Waals surface area contributed by atoms with Crippen molar-refractivity contribution in [1.82, 2.24) is 0 Å². The summed E-state index contributed by atoms with van der Waals surface area (Å²) in [7, 11) is 1.67. The van der Waals surface area contributed by atoms with Crippen molar-refractivity contribution in [1.29, 1.82) is 0 Å². The Balaban J connectivity index is 2.07. The fourth-order valence-corrected chi connectivity index (χ4v) is 2.29. The molecule has 2 aromatic carbocycles. The molecular weight excluding hydrogens is 304 g/mol. The van der Waals surface area contributed by atoms with Gasteiger partial charge in [-0.15, -0.1) is 0 Å². The van der Waals surface area contributed by atoms with E-state index in [9.17, 15) is 0 Å². The van der Waals surface area contributed by atoms with Gasteiger partial charge in [0.25, 0.3) is 0 Å². The van der Waals surface area contributed by atoms with Crippen LogP contribution in [-0.4, -0.2) is 12.4 Å². The van der Waals surface area contributed by atoms with Gasteiger partial charge in [0.2, 0.25) is 0 Å². The van der Waals surface area contributed by atoms with Gasteiger partial charge in [-0.05, 0) is 29.7 Å². The Labute approximate surface area is 122 Å². The van der Waals surface area contributed by atoms with E-state index in [1.165, 1.54) is 5.56 Å². The summed E-state index contributed by atoms with van der Waals surface area (Å²) < 4.78 is 11.2. The summed E-state index contributed by atoms with van der Waals surface area (Å²) in [6.45, 7) is 0.551. The normalized spacial score (nSPS) is 10.2. The van der Waals surface area contributed by atoms with E-state index < -0.39 is 0 Å². The van der Waals surface area contributed by atoms with Crippen LogP contribution < -0.4 is 9.47 Å². The molecule has 2 nitrogen and oxygen atoms in total. The quantitative estimate of drug-likeness (QED) is 0.742. The van der Waals surface area contributed by atoms with E-state index in [-0.39, 0.29) is 0 Å². The summed E-state index contributed by atoms with van der Waals surface area (Å²) >= 11 is 3.44. The second kappa shape index (κ2) is 7.19. The highest BCUT2D eigenvalue weighted by atomic mass is 79.9. The lowest BCUT2D eigenvalue weighted by molar-refractivity contribution is 0.284. The summed E-state index contributed by atoms with van der Waals surface area (Å²) in [5.41, 5.74) is 2.38. The number of ether oxygens (including phenoxy) is 2. The number of hydrogen-bond acceptors (Lipinski definition) is 2. The van der Waals surface area contributed by atoms with Gasteiger partial charge in [0.1, 0.15) is 6.61 Å². The maximum Gasteiger partial charge on any atom is 0.161 e. The number of aryl methyl sites for hydroxylation is 1. The van der Waals surface area contributed by atoms with Crippen molar-refractivity contribution in [3.05, 3.63) is 59.7 Å². The van der Waals surface area contributed by atoms with E-state index in [4.69, 9.17) is 9.47 Å². The zero-order valence-corrected chi connectivity index (χ0v) is 12.5. The minimum atomic E-state index is 0.551. The molecule has 0 bridgehead atoms. The molecule has 2 aromatic rings. The number of hydrogen-bond donors (Lipinski definition) is 0. The highest BCUT2D eigenvalue weighted by Gasteiger charge is 2.06. The zero-order chi connectivity index (χ0) is 13.5. The van der Waals surface area contributed by atoms with Gasteiger partial charge >= 0.3 is 0 Å². The van der Waals surface area contributed by atoms with Gasteiger partial charge in [-0.3, -0.25) is 0 Å². The van der Waals surface area contributed by atoms with Gasteiger partial charge in [0.15, 0.2) is 11.5 Å². The van der Waals surface area contributed by atoms with Crippen LogP contribution in [0.2, 0.25) is 0 Å². The van der Waals surface area contributed by atoms with E-state index in [1.54, 1.807) is 7.11 Å². The first-order valence-corrected chi connectivity index (χ1v) is 7.35. The fourth-order valence-electron chi connectivity index (χ4n) is 1.83. The third kappa shape index (κ3) is 4.00. The predicted octanol–water partition coefficient (Wildman–Crippen LogP) is 4.21. The SMILES string of the molecule is COc1cc(CCBr)ccc1OCc1ccccc1. The number of benzene rings is 2. The van der Waals surface area contributed by atoms with Crippen molar-refractivity contribution < 1.29 is 9.47 Å². The summed E-state index contributed by atoms with van der Waals surface area (Å²) in [6, 6.07) is 16.2. The van der Waals surface area contributed by atoms with Crippen molar-refractivity contribution in [2.24, 2.45) is 0 Å². The summed E-state index contributed by atoms with van der Waals surface area (Å²) in [6.07, 6.45) is 0.981. The largest absolute Gasteiger partial charge is 0.493 e. The molecule has 0 aromatic heterocycles. The van der Waals surface area contributed by atoms with E-state index in [0.717, 1.165) is 28.8 Å². The molecule has 0 aliphatic carbocycles. The van der Waals surface area contributed by atoms with Crippen molar-refractivity contribution >= 4 is 15.9 Å². The Hall–Kier alpha value is -1.48. The predicted molar refractivity (Wildman–Crippen MR) is 81.3 cm³/mol. The molecule has 100 valence electrons. The monoisotopic (exact) mass is 320 g/mol. The van der Waals surface area contributed by atoms with Crippen LogP contribution in [0.4, 0.5) is 0 Å². The molecule has 0 unspecified atom stereocenters.